The van der Waals surface area contributed by atoms with Crippen LogP contribution in [0.25, 0.3) is 0 Å². The minimum Gasteiger partial charge on any atom is -0.457 e. The molecule has 2 rings (SSSR count). The van der Waals surface area contributed by atoms with Crippen LogP contribution < -0.4 is 4.74 Å². The molecule has 0 bridgehead atoms. The molecule has 19 heavy (non-hydrogen) atoms. The third-order valence-corrected chi connectivity index (χ3v) is 2.93. The van der Waals surface area contributed by atoms with Crippen LogP contribution in [0.1, 0.15) is 18.6 Å². The van der Waals surface area contributed by atoms with E-state index in [0.717, 1.165) is 0 Å². The lowest BCUT2D eigenvalue weighted by molar-refractivity contribution is 0.190. The Kier molecular flexibility index (Phi) is 4.30. The molecule has 0 aromatic heterocycles. The summed E-state index contributed by atoms with van der Waals surface area (Å²) < 4.78 is 19.2. The Morgan fingerprint density at radius 2 is 1.79 bits per heavy atom. The zero-order valence-electron chi connectivity index (χ0n) is 10.0. The number of hydrogen-bond acceptors (Lipinski definition) is 2. The van der Waals surface area contributed by atoms with Crippen molar-refractivity contribution in [1.82, 2.24) is 0 Å². The molecule has 0 spiro atoms. The molecule has 0 saturated heterocycles. The maximum Gasteiger partial charge on any atom is 0.136 e. The Morgan fingerprint density at radius 3 is 2.37 bits per heavy atom. The van der Waals surface area contributed by atoms with Crippen LogP contribution in [0.15, 0.2) is 36.4 Å². The summed E-state index contributed by atoms with van der Waals surface area (Å²) in [7, 11) is 0. The molecule has 0 saturated carbocycles. The minimum atomic E-state index is -0.981. The fourth-order valence-corrected chi connectivity index (χ4v) is 2.23. The quantitative estimate of drug-likeness (QED) is 0.866. The van der Waals surface area contributed by atoms with Crippen LogP contribution in [0.2, 0.25) is 10.0 Å². The molecule has 0 aliphatic rings. The van der Waals surface area contributed by atoms with Crippen LogP contribution in [0.5, 0.6) is 11.5 Å². The van der Waals surface area contributed by atoms with Gasteiger partial charge in [-0.25, -0.2) is 4.39 Å². The normalized spacial score (nSPS) is 12.3. The summed E-state index contributed by atoms with van der Waals surface area (Å²) in [5.74, 6) is 0.0824. The van der Waals surface area contributed by atoms with Crippen molar-refractivity contribution in [2.75, 3.05) is 0 Å². The highest BCUT2D eigenvalue weighted by molar-refractivity contribution is 6.34. The average molecular weight is 301 g/mol. The van der Waals surface area contributed by atoms with Crippen LogP contribution in [0.4, 0.5) is 4.39 Å². The smallest absolute Gasteiger partial charge is 0.136 e. The van der Waals surface area contributed by atoms with Gasteiger partial charge >= 0.3 is 0 Å². The third-order valence-electron chi connectivity index (χ3n) is 2.49. The number of hydrogen-bond donors (Lipinski definition) is 1. The predicted octanol–water partition coefficient (Wildman–Crippen LogP) is 4.98. The Labute approximate surface area is 120 Å². The van der Waals surface area contributed by atoms with E-state index in [0.29, 0.717) is 15.8 Å². The largest absolute Gasteiger partial charge is 0.457 e. The summed E-state index contributed by atoms with van der Waals surface area (Å²) >= 11 is 11.7. The zero-order valence-corrected chi connectivity index (χ0v) is 11.5. The van der Waals surface area contributed by atoms with E-state index in [-0.39, 0.29) is 11.3 Å². The van der Waals surface area contributed by atoms with Crippen molar-refractivity contribution in [3.63, 3.8) is 0 Å². The van der Waals surface area contributed by atoms with Gasteiger partial charge in [0.15, 0.2) is 0 Å². The molecule has 0 unspecified atom stereocenters. The van der Waals surface area contributed by atoms with Gasteiger partial charge in [0.05, 0.1) is 11.7 Å². The van der Waals surface area contributed by atoms with Crippen molar-refractivity contribution in [2.24, 2.45) is 0 Å². The fraction of sp³-hybridized carbons (Fsp3) is 0.143. The SMILES string of the molecule is C[C@H](O)c1c(F)cccc1Oc1cc(Cl)cc(Cl)c1. The first-order chi connectivity index (χ1) is 8.97. The van der Waals surface area contributed by atoms with Crippen LogP contribution in [-0.2, 0) is 0 Å². The summed E-state index contributed by atoms with van der Waals surface area (Å²) in [6, 6.07) is 9.02. The molecule has 0 aliphatic heterocycles. The molecule has 1 N–H and O–H groups in total. The van der Waals surface area contributed by atoms with Gasteiger partial charge in [-0.3, -0.25) is 0 Å². The number of benzene rings is 2. The molecule has 2 aromatic rings. The molecule has 5 heteroatoms. The second-order valence-corrected chi connectivity index (χ2v) is 4.91. The van der Waals surface area contributed by atoms with Crippen LogP contribution >= 0.6 is 23.2 Å². The number of rotatable bonds is 3. The van der Waals surface area contributed by atoms with E-state index in [1.165, 1.54) is 19.1 Å². The maximum atomic E-state index is 13.7. The monoisotopic (exact) mass is 300 g/mol. The number of aliphatic hydroxyl groups excluding tert-OH is 1. The Balaban J connectivity index is 2.40. The summed E-state index contributed by atoms with van der Waals surface area (Å²) in [5, 5.41) is 10.4. The summed E-state index contributed by atoms with van der Waals surface area (Å²) in [4.78, 5) is 0. The van der Waals surface area contributed by atoms with Gasteiger partial charge in [0.1, 0.15) is 17.3 Å². The van der Waals surface area contributed by atoms with E-state index in [4.69, 9.17) is 27.9 Å². The molecule has 0 radical (unpaired) electrons. The first-order valence-corrected chi connectivity index (χ1v) is 6.33. The second-order valence-electron chi connectivity index (χ2n) is 4.03. The van der Waals surface area contributed by atoms with E-state index in [2.05, 4.69) is 0 Å². The molecule has 0 fully saturated rings. The van der Waals surface area contributed by atoms with Gasteiger partial charge in [-0.2, -0.15) is 0 Å². The topological polar surface area (TPSA) is 29.5 Å². The van der Waals surface area contributed by atoms with Crippen LogP contribution in [0, 0.1) is 5.82 Å². The Morgan fingerprint density at radius 1 is 1.16 bits per heavy atom. The lowest BCUT2D eigenvalue weighted by Crippen LogP contribution is -1.99. The van der Waals surface area contributed by atoms with Crippen molar-refractivity contribution < 1.29 is 14.2 Å². The molecule has 0 amide bonds. The molecule has 1 atom stereocenters. The first kappa shape index (κ1) is 14.1. The zero-order chi connectivity index (χ0) is 14.0. The minimum absolute atomic E-state index is 0.0959. The lowest BCUT2D eigenvalue weighted by atomic mass is 10.1. The second kappa shape index (κ2) is 5.78. The number of halogens is 3. The molecular formula is C14H11Cl2FO2. The highest BCUT2D eigenvalue weighted by Crippen LogP contribution is 2.33. The van der Waals surface area contributed by atoms with Gasteiger partial charge in [0, 0.05) is 10.0 Å². The molecule has 100 valence electrons. The van der Waals surface area contributed by atoms with E-state index in [1.54, 1.807) is 24.3 Å². The van der Waals surface area contributed by atoms with Gasteiger partial charge in [0.25, 0.3) is 0 Å². The highest BCUT2D eigenvalue weighted by Gasteiger charge is 2.15. The van der Waals surface area contributed by atoms with Gasteiger partial charge < -0.3 is 9.84 Å². The first-order valence-electron chi connectivity index (χ1n) is 5.58. The fourth-order valence-electron chi connectivity index (χ4n) is 1.73. The lowest BCUT2D eigenvalue weighted by Gasteiger charge is -2.14. The van der Waals surface area contributed by atoms with Crippen molar-refractivity contribution in [3.8, 4) is 11.5 Å². The molecule has 2 aromatic carbocycles. The summed E-state index contributed by atoms with van der Waals surface area (Å²) in [6.45, 7) is 1.47. The standard InChI is InChI=1S/C14H11Cl2FO2/c1-8(18)14-12(17)3-2-4-13(14)19-11-6-9(15)5-10(16)7-11/h2-8,18H,1H3/t8-/m0/s1. The van der Waals surface area contributed by atoms with Gasteiger partial charge in [-0.05, 0) is 37.3 Å². The van der Waals surface area contributed by atoms with Crippen LogP contribution in [-0.4, -0.2) is 5.11 Å². The summed E-state index contributed by atoms with van der Waals surface area (Å²) in [5.41, 5.74) is 0.0959. The van der Waals surface area contributed by atoms with Crippen molar-refractivity contribution in [3.05, 3.63) is 57.8 Å². The van der Waals surface area contributed by atoms with Crippen LogP contribution in [0.3, 0.4) is 0 Å². The highest BCUT2D eigenvalue weighted by atomic mass is 35.5. The van der Waals surface area contributed by atoms with E-state index in [1.807, 2.05) is 0 Å². The Hall–Kier alpha value is -1.29. The molecule has 0 aliphatic carbocycles. The van der Waals surface area contributed by atoms with E-state index in [9.17, 15) is 9.50 Å². The third kappa shape index (κ3) is 3.38. The van der Waals surface area contributed by atoms with E-state index < -0.39 is 11.9 Å². The van der Waals surface area contributed by atoms with Gasteiger partial charge in [-0.15, -0.1) is 0 Å². The molecule has 0 heterocycles. The van der Waals surface area contributed by atoms with E-state index >= 15 is 0 Å². The predicted molar refractivity (Wildman–Crippen MR) is 73.6 cm³/mol. The Bertz CT molecular complexity index is 580. The molecular weight excluding hydrogens is 290 g/mol. The van der Waals surface area contributed by atoms with Crippen molar-refractivity contribution in [2.45, 2.75) is 13.0 Å². The maximum absolute atomic E-state index is 13.7. The average Bonchev–Trinajstić information content (AvgIpc) is 2.26. The van der Waals surface area contributed by atoms with Gasteiger partial charge in [-0.1, -0.05) is 29.3 Å². The van der Waals surface area contributed by atoms with Crippen molar-refractivity contribution in [1.29, 1.82) is 0 Å². The number of ether oxygens (including phenoxy) is 1. The van der Waals surface area contributed by atoms with Crippen molar-refractivity contribution >= 4 is 23.2 Å². The number of aliphatic hydroxyl groups is 1. The summed E-state index contributed by atoms with van der Waals surface area (Å²) in [6.07, 6.45) is -0.981. The van der Waals surface area contributed by atoms with Gasteiger partial charge in [0.2, 0.25) is 0 Å². The molecule has 2 nitrogen and oxygen atoms in total.